The predicted octanol–water partition coefficient (Wildman–Crippen LogP) is 13.8. The van der Waals surface area contributed by atoms with Crippen LogP contribution in [-0.4, -0.2) is 79.6 Å². The first-order valence-electron chi connectivity index (χ1n) is 24.2. The van der Waals surface area contributed by atoms with Gasteiger partial charge in [-0.05, 0) is 92.4 Å². The van der Waals surface area contributed by atoms with Crippen LogP contribution in [0.2, 0.25) is 0 Å². The SMILES string of the molecule is CCCCCCCCCCC(C)OC(=O)CCCCCCCCCN(CCCCCCCCCC(O)OC(C)CCCCCCCCCC)CCN(C)C. The number of hydrogen-bond donors (Lipinski definition) is 1. The molecule has 0 fully saturated rings. The number of likely N-dealkylation sites (N-methyl/N-ethyl adjacent to an activating group) is 1. The van der Waals surface area contributed by atoms with E-state index >= 15 is 0 Å². The summed E-state index contributed by atoms with van der Waals surface area (Å²) in [6.45, 7) is 13.5. The van der Waals surface area contributed by atoms with Crippen molar-refractivity contribution in [3.8, 4) is 0 Å². The molecule has 0 aliphatic carbocycles. The lowest BCUT2D eigenvalue weighted by Crippen LogP contribution is -2.33. The van der Waals surface area contributed by atoms with E-state index in [0.717, 1.165) is 45.1 Å². The van der Waals surface area contributed by atoms with Gasteiger partial charge in [0.05, 0.1) is 12.2 Å². The summed E-state index contributed by atoms with van der Waals surface area (Å²) in [5, 5.41) is 10.3. The molecule has 0 rings (SSSR count). The van der Waals surface area contributed by atoms with Crippen molar-refractivity contribution in [1.29, 1.82) is 0 Å². The van der Waals surface area contributed by atoms with E-state index in [4.69, 9.17) is 9.47 Å². The third-order valence-electron chi connectivity index (χ3n) is 11.3. The second-order valence-electron chi connectivity index (χ2n) is 17.4. The zero-order chi connectivity index (χ0) is 39.7. The average molecular weight is 767 g/mol. The van der Waals surface area contributed by atoms with Gasteiger partial charge in [-0.2, -0.15) is 0 Å². The number of aliphatic hydroxyl groups excluding tert-OH is 1. The standard InChI is InChI=1S/C48H98N2O4/c1-7-9-11-13-15-19-25-31-37-45(3)53-47(51)39-33-27-21-17-23-29-35-41-50(44-43-49(5)6)42-36-30-24-18-22-28-34-40-48(52)54-46(4)38-32-26-20-16-14-12-10-8-2/h45-47,51H,7-44H2,1-6H3. The summed E-state index contributed by atoms with van der Waals surface area (Å²) < 4.78 is 11.5. The van der Waals surface area contributed by atoms with Gasteiger partial charge in [0.1, 0.15) is 0 Å². The molecular formula is C48H98N2O4. The Balaban J connectivity index is 3.76. The molecule has 0 aromatic carbocycles. The first kappa shape index (κ1) is 53.3. The van der Waals surface area contributed by atoms with Crippen molar-refractivity contribution < 1.29 is 19.4 Å². The maximum absolute atomic E-state index is 12.2. The van der Waals surface area contributed by atoms with Crippen LogP contribution in [0.1, 0.15) is 246 Å². The topological polar surface area (TPSA) is 62.2 Å². The maximum Gasteiger partial charge on any atom is 0.306 e. The van der Waals surface area contributed by atoms with Gasteiger partial charge in [-0.1, -0.05) is 174 Å². The predicted molar refractivity (Wildman–Crippen MR) is 235 cm³/mol. The first-order chi connectivity index (χ1) is 26.3. The fourth-order valence-corrected chi connectivity index (χ4v) is 7.58. The molecule has 3 atom stereocenters. The first-order valence-corrected chi connectivity index (χ1v) is 24.2. The zero-order valence-corrected chi connectivity index (χ0v) is 37.7. The van der Waals surface area contributed by atoms with Crippen LogP contribution in [0.15, 0.2) is 0 Å². The van der Waals surface area contributed by atoms with Crippen LogP contribution >= 0.6 is 0 Å². The number of hydrogen-bond acceptors (Lipinski definition) is 6. The van der Waals surface area contributed by atoms with Crippen molar-refractivity contribution >= 4 is 5.97 Å². The lowest BCUT2D eigenvalue weighted by atomic mass is 10.1. The van der Waals surface area contributed by atoms with E-state index < -0.39 is 6.29 Å². The molecule has 0 bridgehead atoms. The van der Waals surface area contributed by atoms with Gasteiger partial charge in [0.15, 0.2) is 6.29 Å². The summed E-state index contributed by atoms with van der Waals surface area (Å²) in [5.74, 6) is 0.00564. The summed E-state index contributed by atoms with van der Waals surface area (Å²) in [5.41, 5.74) is 0. The Morgan fingerprint density at radius 2 is 0.833 bits per heavy atom. The molecule has 0 spiro atoms. The molecule has 0 aliphatic rings. The Labute approximate surface area is 339 Å². The Morgan fingerprint density at radius 1 is 0.463 bits per heavy atom. The largest absolute Gasteiger partial charge is 0.463 e. The summed E-state index contributed by atoms with van der Waals surface area (Å²) in [4.78, 5) is 17.2. The number of unbranched alkanes of at least 4 members (excludes halogenated alkanes) is 26. The monoisotopic (exact) mass is 767 g/mol. The molecule has 54 heavy (non-hydrogen) atoms. The normalized spacial score (nSPS) is 13.6. The second kappa shape index (κ2) is 41.9. The van der Waals surface area contributed by atoms with Crippen molar-refractivity contribution in [1.82, 2.24) is 9.80 Å². The number of rotatable bonds is 44. The minimum atomic E-state index is -0.590. The highest BCUT2D eigenvalue weighted by Gasteiger charge is 2.11. The van der Waals surface area contributed by atoms with Gasteiger partial charge in [-0.15, -0.1) is 0 Å². The highest BCUT2D eigenvalue weighted by Crippen LogP contribution is 2.17. The van der Waals surface area contributed by atoms with Gasteiger partial charge in [-0.25, -0.2) is 0 Å². The van der Waals surface area contributed by atoms with Gasteiger partial charge in [0.2, 0.25) is 0 Å². The molecule has 6 heteroatoms. The molecule has 0 aromatic heterocycles. The number of esters is 1. The van der Waals surface area contributed by atoms with Crippen molar-refractivity contribution in [2.75, 3.05) is 40.3 Å². The quantitative estimate of drug-likeness (QED) is 0.0378. The second-order valence-corrected chi connectivity index (χ2v) is 17.4. The van der Waals surface area contributed by atoms with E-state index in [1.54, 1.807) is 0 Å². The average Bonchev–Trinajstić information content (AvgIpc) is 3.14. The van der Waals surface area contributed by atoms with Crippen molar-refractivity contribution in [2.45, 2.75) is 265 Å². The van der Waals surface area contributed by atoms with E-state index in [0.29, 0.717) is 6.42 Å². The Morgan fingerprint density at radius 3 is 1.28 bits per heavy atom. The molecule has 0 radical (unpaired) electrons. The third kappa shape index (κ3) is 41.0. The maximum atomic E-state index is 12.2. The van der Waals surface area contributed by atoms with Gasteiger partial charge in [0, 0.05) is 19.5 Å². The number of ether oxygens (including phenoxy) is 2. The van der Waals surface area contributed by atoms with Crippen LogP contribution in [-0.2, 0) is 14.3 Å². The van der Waals surface area contributed by atoms with Gasteiger partial charge < -0.3 is 24.4 Å². The van der Waals surface area contributed by atoms with Gasteiger partial charge >= 0.3 is 5.97 Å². The molecule has 1 N–H and O–H groups in total. The van der Waals surface area contributed by atoms with Crippen LogP contribution in [0.4, 0.5) is 0 Å². The van der Waals surface area contributed by atoms with Crippen molar-refractivity contribution in [3.05, 3.63) is 0 Å². The molecule has 0 aliphatic heterocycles. The lowest BCUT2D eigenvalue weighted by Gasteiger charge is -2.24. The molecule has 0 heterocycles. The highest BCUT2D eigenvalue weighted by atomic mass is 16.6. The molecule has 0 saturated carbocycles. The minimum absolute atomic E-state index is 0.00564. The Kier molecular flexibility index (Phi) is 41.4. The fraction of sp³-hybridized carbons (Fsp3) is 0.979. The van der Waals surface area contributed by atoms with Crippen LogP contribution in [0.3, 0.4) is 0 Å². The minimum Gasteiger partial charge on any atom is -0.463 e. The molecular weight excluding hydrogens is 669 g/mol. The lowest BCUT2D eigenvalue weighted by molar-refractivity contribution is -0.148. The van der Waals surface area contributed by atoms with E-state index in [2.05, 4.69) is 51.6 Å². The highest BCUT2D eigenvalue weighted by molar-refractivity contribution is 5.69. The molecule has 324 valence electrons. The van der Waals surface area contributed by atoms with Gasteiger partial charge in [0.25, 0.3) is 0 Å². The summed E-state index contributed by atoms with van der Waals surface area (Å²) in [7, 11) is 4.36. The Hall–Kier alpha value is -0.690. The van der Waals surface area contributed by atoms with Crippen LogP contribution in [0.25, 0.3) is 0 Å². The van der Waals surface area contributed by atoms with Crippen molar-refractivity contribution in [3.63, 3.8) is 0 Å². The Bertz CT molecular complexity index is 750. The van der Waals surface area contributed by atoms with Crippen LogP contribution in [0.5, 0.6) is 0 Å². The van der Waals surface area contributed by atoms with E-state index in [1.165, 1.54) is 193 Å². The van der Waals surface area contributed by atoms with E-state index in [1.807, 2.05) is 0 Å². The van der Waals surface area contributed by atoms with Gasteiger partial charge in [-0.3, -0.25) is 4.79 Å². The smallest absolute Gasteiger partial charge is 0.306 e. The van der Waals surface area contributed by atoms with E-state index in [-0.39, 0.29) is 18.2 Å². The van der Waals surface area contributed by atoms with Crippen LogP contribution < -0.4 is 0 Å². The number of aliphatic hydroxyl groups is 1. The molecule has 0 amide bonds. The van der Waals surface area contributed by atoms with Crippen molar-refractivity contribution in [2.24, 2.45) is 0 Å². The van der Waals surface area contributed by atoms with Crippen LogP contribution in [0, 0.1) is 0 Å². The summed E-state index contributed by atoms with van der Waals surface area (Å²) >= 11 is 0. The zero-order valence-electron chi connectivity index (χ0n) is 37.7. The number of nitrogens with zero attached hydrogens (tertiary/aromatic N) is 2. The third-order valence-corrected chi connectivity index (χ3v) is 11.3. The van der Waals surface area contributed by atoms with E-state index in [9.17, 15) is 9.90 Å². The summed E-state index contributed by atoms with van der Waals surface area (Å²) in [6, 6.07) is 0. The fourth-order valence-electron chi connectivity index (χ4n) is 7.58. The molecule has 0 aromatic rings. The number of carbonyl (C=O) groups is 1. The summed E-state index contributed by atoms with van der Waals surface area (Å²) in [6.07, 6.45) is 41.7. The molecule has 3 unspecified atom stereocenters. The number of carbonyl (C=O) groups excluding carboxylic acids is 1. The molecule has 0 saturated heterocycles. The molecule has 6 nitrogen and oxygen atoms in total.